The molecule has 0 spiro atoms. The molecule has 0 aliphatic heterocycles. The third kappa shape index (κ3) is 4.81. The normalized spacial score (nSPS) is 11.1. The van der Waals surface area contributed by atoms with Gasteiger partial charge >= 0.3 is 0 Å². The van der Waals surface area contributed by atoms with Crippen LogP contribution in [0.1, 0.15) is 27.6 Å². The summed E-state index contributed by atoms with van der Waals surface area (Å²) < 4.78 is 10.2. The van der Waals surface area contributed by atoms with Gasteiger partial charge < -0.3 is 8.94 Å². The Balaban J connectivity index is 1.50. The predicted molar refractivity (Wildman–Crippen MR) is 95.2 cm³/mol. The summed E-state index contributed by atoms with van der Waals surface area (Å²) in [5.74, 6) is -0.0387. The highest BCUT2D eigenvalue weighted by atomic mass is 16.5. The molecule has 0 bridgehead atoms. The van der Waals surface area contributed by atoms with E-state index in [-0.39, 0.29) is 5.69 Å². The minimum atomic E-state index is -0.590. The van der Waals surface area contributed by atoms with Crippen molar-refractivity contribution in [1.82, 2.24) is 16.0 Å². The molecule has 0 unspecified atom stereocenters. The fourth-order valence-electron chi connectivity index (χ4n) is 1.99. The summed E-state index contributed by atoms with van der Waals surface area (Å²) in [5, 5.41) is 3.65. The monoisotopic (exact) mass is 349 g/mol. The van der Waals surface area contributed by atoms with E-state index in [1.54, 1.807) is 36.6 Å². The van der Waals surface area contributed by atoms with E-state index in [0.29, 0.717) is 11.5 Å². The number of amides is 2. The number of nitrogens with one attached hydrogen (secondary N) is 2. The predicted octanol–water partition coefficient (Wildman–Crippen LogP) is 2.91. The van der Waals surface area contributed by atoms with Crippen molar-refractivity contribution < 1.29 is 18.5 Å². The number of aromatic nitrogens is 1. The molecular formula is C19H15N3O4. The van der Waals surface area contributed by atoms with Gasteiger partial charge in [0.05, 0.1) is 6.26 Å². The van der Waals surface area contributed by atoms with Crippen molar-refractivity contribution in [1.29, 1.82) is 0 Å². The van der Waals surface area contributed by atoms with Gasteiger partial charge in [-0.1, -0.05) is 35.5 Å². The Hall–Kier alpha value is -3.87. The summed E-state index contributed by atoms with van der Waals surface area (Å²) in [5.41, 5.74) is 5.45. The summed E-state index contributed by atoms with van der Waals surface area (Å²) in [6.07, 6.45) is 7.79. The Kier molecular flexibility index (Phi) is 5.41. The Bertz CT molecular complexity index is 925. The van der Waals surface area contributed by atoms with Crippen LogP contribution in [-0.4, -0.2) is 17.0 Å². The second-order valence-corrected chi connectivity index (χ2v) is 5.15. The maximum atomic E-state index is 12.0. The van der Waals surface area contributed by atoms with Gasteiger partial charge in [0.25, 0.3) is 11.8 Å². The molecule has 2 aromatic heterocycles. The van der Waals surface area contributed by atoms with Gasteiger partial charge in [-0.15, -0.1) is 0 Å². The van der Waals surface area contributed by atoms with Gasteiger partial charge in [-0.2, -0.15) is 0 Å². The fraction of sp³-hybridized carbons (Fsp3) is 0. The summed E-state index contributed by atoms with van der Waals surface area (Å²) in [4.78, 5) is 23.7. The molecule has 1 aromatic carbocycles. The molecule has 0 atom stereocenters. The Morgan fingerprint density at radius 2 is 1.73 bits per heavy atom. The van der Waals surface area contributed by atoms with Crippen molar-refractivity contribution in [2.24, 2.45) is 0 Å². The quantitative estimate of drug-likeness (QED) is 0.545. The maximum absolute atomic E-state index is 12.0. The number of hydrazine groups is 1. The molecule has 130 valence electrons. The molecule has 7 heteroatoms. The molecule has 26 heavy (non-hydrogen) atoms. The molecule has 0 fully saturated rings. The van der Waals surface area contributed by atoms with Crippen LogP contribution in [0.4, 0.5) is 0 Å². The summed E-state index contributed by atoms with van der Waals surface area (Å²) in [7, 11) is 0. The second-order valence-electron chi connectivity index (χ2n) is 5.15. The van der Waals surface area contributed by atoms with E-state index in [2.05, 4.69) is 16.0 Å². The van der Waals surface area contributed by atoms with Crippen molar-refractivity contribution in [3.8, 4) is 0 Å². The van der Waals surface area contributed by atoms with E-state index in [9.17, 15) is 9.59 Å². The molecular weight excluding hydrogens is 334 g/mol. The number of furan rings is 1. The van der Waals surface area contributed by atoms with Crippen LogP contribution >= 0.6 is 0 Å². The molecule has 2 N–H and O–H groups in total. The van der Waals surface area contributed by atoms with E-state index in [1.165, 1.54) is 12.1 Å². The SMILES string of the molecule is O=C(/C=C/c1ccccc1)NNC(=O)c1cc(/C=C\c2ccco2)on1. The topological polar surface area (TPSA) is 97.4 Å². The van der Waals surface area contributed by atoms with Crippen LogP contribution in [0.5, 0.6) is 0 Å². The lowest BCUT2D eigenvalue weighted by molar-refractivity contribution is -0.117. The van der Waals surface area contributed by atoms with E-state index >= 15 is 0 Å². The zero-order valence-electron chi connectivity index (χ0n) is 13.6. The van der Waals surface area contributed by atoms with Crippen LogP contribution in [-0.2, 0) is 4.79 Å². The first-order valence-corrected chi connectivity index (χ1v) is 7.72. The summed E-state index contributed by atoms with van der Waals surface area (Å²) in [6.45, 7) is 0. The number of hydrogen-bond donors (Lipinski definition) is 2. The van der Waals surface area contributed by atoms with Gasteiger partial charge in [0.15, 0.2) is 11.5 Å². The second kappa shape index (κ2) is 8.29. The maximum Gasteiger partial charge on any atom is 0.291 e. The molecule has 3 rings (SSSR count). The van der Waals surface area contributed by atoms with Crippen LogP contribution in [0.15, 0.2) is 69.8 Å². The van der Waals surface area contributed by atoms with Gasteiger partial charge in [-0.3, -0.25) is 20.4 Å². The molecule has 0 saturated heterocycles. The van der Waals surface area contributed by atoms with Crippen molar-refractivity contribution in [3.63, 3.8) is 0 Å². The molecule has 3 aromatic rings. The van der Waals surface area contributed by atoms with Crippen LogP contribution < -0.4 is 10.9 Å². The van der Waals surface area contributed by atoms with Crippen molar-refractivity contribution in [3.05, 3.63) is 83.6 Å². The van der Waals surface area contributed by atoms with Crippen molar-refractivity contribution >= 4 is 30.0 Å². The first-order valence-electron chi connectivity index (χ1n) is 7.72. The summed E-state index contributed by atoms with van der Waals surface area (Å²) >= 11 is 0. The fourth-order valence-corrected chi connectivity index (χ4v) is 1.99. The van der Waals surface area contributed by atoms with Crippen molar-refractivity contribution in [2.75, 3.05) is 0 Å². The summed E-state index contributed by atoms with van der Waals surface area (Å²) in [6, 6.07) is 14.3. The van der Waals surface area contributed by atoms with Crippen LogP contribution in [0, 0.1) is 0 Å². The van der Waals surface area contributed by atoms with Gasteiger partial charge in [-0.05, 0) is 35.9 Å². The standard InChI is InChI=1S/C19H15N3O4/c23-18(11-8-14-5-2-1-3-6-14)20-21-19(24)17-13-16(26-22-17)10-9-15-7-4-12-25-15/h1-13H,(H,20,23)(H,21,24)/b10-9-,11-8+. The van der Waals surface area contributed by atoms with Crippen LogP contribution in [0.3, 0.4) is 0 Å². The Morgan fingerprint density at radius 1 is 0.923 bits per heavy atom. The molecule has 7 nitrogen and oxygen atoms in total. The molecule has 0 aliphatic rings. The van der Waals surface area contributed by atoms with E-state index in [1.807, 2.05) is 30.3 Å². The number of hydrogen-bond acceptors (Lipinski definition) is 5. The third-order valence-electron chi connectivity index (χ3n) is 3.24. The Morgan fingerprint density at radius 3 is 2.50 bits per heavy atom. The third-order valence-corrected chi connectivity index (χ3v) is 3.24. The van der Waals surface area contributed by atoms with Crippen molar-refractivity contribution in [2.45, 2.75) is 0 Å². The average Bonchev–Trinajstić information content (AvgIpc) is 3.35. The van der Waals surface area contributed by atoms with Crippen LogP contribution in [0.25, 0.3) is 18.2 Å². The Labute approximate surface area is 149 Å². The molecule has 2 amide bonds. The van der Waals surface area contributed by atoms with Gasteiger partial charge in [0.1, 0.15) is 5.76 Å². The highest BCUT2D eigenvalue weighted by Crippen LogP contribution is 2.10. The molecule has 0 aliphatic carbocycles. The van der Waals surface area contributed by atoms with Gasteiger partial charge in [-0.25, -0.2) is 0 Å². The number of nitrogens with zero attached hydrogens (tertiary/aromatic N) is 1. The number of rotatable bonds is 5. The average molecular weight is 349 g/mol. The smallest absolute Gasteiger partial charge is 0.291 e. The molecule has 0 radical (unpaired) electrons. The zero-order valence-corrected chi connectivity index (χ0v) is 13.6. The van der Waals surface area contributed by atoms with E-state index in [0.717, 1.165) is 5.56 Å². The minimum absolute atomic E-state index is 0.0384. The molecule has 2 heterocycles. The lowest BCUT2D eigenvalue weighted by atomic mass is 10.2. The zero-order chi connectivity index (χ0) is 18.2. The van der Waals surface area contributed by atoms with E-state index < -0.39 is 11.8 Å². The minimum Gasteiger partial charge on any atom is -0.465 e. The first kappa shape index (κ1) is 17.0. The number of carbonyl (C=O) groups is 2. The van der Waals surface area contributed by atoms with E-state index in [4.69, 9.17) is 8.94 Å². The number of benzene rings is 1. The highest BCUT2D eigenvalue weighted by molar-refractivity contribution is 5.97. The lowest BCUT2D eigenvalue weighted by Gasteiger charge is -2.02. The largest absolute Gasteiger partial charge is 0.465 e. The highest BCUT2D eigenvalue weighted by Gasteiger charge is 2.11. The lowest BCUT2D eigenvalue weighted by Crippen LogP contribution is -2.40. The number of carbonyl (C=O) groups excluding carboxylic acids is 2. The molecule has 0 saturated carbocycles. The van der Waals surface area contributed by atoms with Gasteiger partial charge in [0, 0.05) is 12.1 Å². The first-order chi connectivity index (χ1) is 12.7. The van der Waals surface area contributed by atoms with Crippen LogP contribution in [0.2, 0.25) is 0 Å². The van der Waals surface area contributed by atoms with Gasteiger partial charge in [0.2, 0.25) is 0 Å².